The van der Waals surface area contributed by atoms with Crippen LogP contribution in [0.15, 0.2) is 71.3 Å². The van der Waals surface area contributed by atoms with Crippen molar-refractivity contribution in [1.82, 2.24) is 5.32 Å². The quantitative estimate of drug-likeness (QED) is 0.521. The first kappa shape index (κ1) is 22.0. The van der Waals surface area contributed by atoms with E-state index in [2.05, 4.69) is 5.32 Å². The molecule has 1 aliphatic rings. The van der Waals surface area contributed by atoms with Crippen LogP contribution in [0.4, 0.5) is 5.69 Å². The van der Waals surface area contributed by atoms with Crippen LogP contribution in [0.3, 0.4) is 0 Å². The van der Waals surface area contributed by atoms with Crippen molar-refractivity contribution < 1.29 is 18.7 Å². The van der Waals surface area contributed by atoms with Crippen LogP contribution in [0.25, 0.3) is 0 Å². The van der Waals surface area contributed by atoms with Crippen molar-refractivity contribution in [2.45, 2.75) is 37.8 Å². The SMILES string of the molecule is COc1cccc(C(C(=O)NC2CCCC2)N(C(=O)c2ccco2)c2cccc(Cl)c2)c1. The molecule has 3 aromatic rings. The molecule has 1 heterocycles. The largest absolute Gasteiger partial charge is 0.497 e. The third kappa shape index (κ3) is 4.81. The molecule has 1 atom stereocenters. The number of amides is 2. The first-order valence-corrected chi connectivity index (χ1v) is 11.0. The summed E-state index contributed by atoms with van der Waals surface area (Å²) in [5.41, 5.74) is 1.12. The number of anilines is 1. The number of rotatable bonds is 7. The monoisotopic (exact) mass is 452 g/mol. The van der Waals surface area contributed by atoms with Gasteiger partial charge in [-0.25, -0.2) is 0 Å². The molecular formula is C25H25ClN2O4. The Kier molecular flexibility index (Phi) is 6.81. The molecule has 1 saturated carbocycles. The zero-order valence-corrected chi connectivity index (χ0v) is 18.5. The van der Waals surface area contributed by atoms with E-state index in [4.69, 9.17) is 20.8 Å². The molecule has 1 fully saturated rings. The molecule has 0 bridgehead atoms. The molecule has 7 heteroatoms. The van der Waals surface area contributed by atoms with Crippen molar-refractivity contribution in [1.29, 1.82) is 0 Å². The predicted octanol–water partition coefficient (Wildman–Crippen LogP) is 5.39. The van der Waals surface area contributed by atoms with E-state index in [0.717, 1.165) is 25.7 Å². The van der Waals surface area contributed by atoms with Crippen LogP contribution < -0.4 is 15.0 Å². The average Bonchev–Trinajstić information content (AvgIpc) is 3.51. The Bertz CT molecular complexity index is 1080. The van der Waals surface area contributed by atoms with E-state index in [1.807, 2.05) is 6.07 Å². The maximum absolute atomic E-state index is 13.7. The van der Waals surface area contributed by atoms with Crippen LogP contribution >= 0.6 is 11.6 Å². The maximum atomic E-state index is 13.7. The van der Waals surface area contributed by atoms with Crippen LogP contribution in [-0.4, -0.2) is 25.0 Å². The Balaban J connectivity index is 1.82. The number of hydrogen-bond donors (Lipinski definition) is 1. The van der Waals surface area contributed by atoms with Crippen LogP contribution in [0.1, 0.15) is 47.8 Å². The fraction of sp³-hybridized carbons (Fsp3) is 0.280. The molecule has 0 spiro atoms. The highest BCUT2D eigenvalue weighted by Crippen LogP contribution is 2.33. The third-order valence-electron chi connectivity index (χ3n) is 5.65. The Morgan fingerprint density at radius 1 is 1.09 bits per heavy atom. The summed E-state index contributed by atoms with van der Waals surface area (Å²) in [5, 5.41) is 3.60. The van der Waals surface area contributed by atoms with Crippen molar-refractivity contribution in [3.63, 3.8) is 0 Å². The second kappa shape index (κ2) is 9.92. The molecule has 1 N–H and O–H groups in total. The molecule has 1 aromatic heterocycles. The predicted molar refractivity (Wildman–Crippen MR) is 123 cm³/mol. The summed E-state index contributed by atoms with van der Waals surface area (Å²) in [4.78, 5) is 28.7. The second-order valence-electron chi connectivity index (χ2n) is 7.80. The zero-order chi connectivity index (χ0) is 22.5. The molecule has 1 unspecified atom stereocenters. The van der Waals surface area contributed by atoms with E-state index < -0.39 is 11.9 Å². The van der Waals surface area contributed by atoms with Crippen molar-refractivity contribution in [2.24, 2.45) is 0 Å². The van der Waals surface area contributed by atoms with Gasteiger partial charge in [-0.15, -0.1) is 0 Å². The number of methoxy groups -OCH3 is 1. The van der Waals surface area contributed by atoms with Crippen LogP contribution in [0.2, 0.25) is 5.02 Å². The van der Waals surface area contributed by atoms with Gasteiger partial charge in [-0.1, -0.05) is 42.6 Å². The van der Waals surface area contributed by atoms with Crippen LogP contribution in [0.5, 0.6) is 5.75 Å². The number of nitrogens with zero attached hydrogens (tertiary/aromatic N) is 1. The van der Waals surface area contributed by atoms with Gasteiger partial charge in [0.25, 0.3) is 5.91 Å². The van der Waals surface area contributed by atoms with Gasteiger partial charge in [-0.05, 0) is 60.9 Å². The van der Waals surface area contributed by atoms with E-state index in [1.165, 1.54) is 11.2 Å². The third-order valence-corrected chi connectivity index (χ3v) is 5.89. The molecular weight excluding hydrogens is 428 g/mol. The van der Waals surface area contributed by atoms with E-state index in [0.29, 0.717) is 22.0 Å². The number of nitrogens with one attached hydrogen (secondary N) is 1. The minimum atomic E-state index is -0.943. The van der Waals surface area contributed by atoms with Gasteiger partial charge in [0, 0.05) is 16.8 Å². The molecule has 0 saturated heterocycles. The highest BCUT2D eigenvalue weighted by Gasteiger charge is 2.36. The molecule has 4 rings (SSSR count). The molecule has 6 nitrogen and oxygen atoms in total. The molecule has 2 aromatic carbocycles. The van der Waals surface area contributed by atoms with Crippen molar-refractivity contribution in [2.75, 3.05) is 12.0 Å². The number of halogens is 1. The lowest BCUT2D eigenvalue weighted by atomic mass is 10.0. The second-order valence-corrected chi connectivity index (χ2v) is 8.24. The minimum Gasteiger partial charge on any atom is -0.497 e. The topological polar surface area (TPSA) is 71.8 Å². The normalized spacial score (nSPS) is 14.7. The summed E-state index contributed by atoms with van der Waals surface area (Å²) in [6.07, 6.45) is 5.46. The molecule has 0 aliphatic heterocycles. The van der Waals surface area contributed by atoms with Crippen molar-refractivity contribution in [3.8, 4) is 5.75 Å². The smallest absolute Gasteiger partial charge is 0.294 e. The first-order valence-electron chi connectivity index (χ1n) is 10.6. The number of carbonyl (C=O) groups excluding carboxylic acids is 2. The summed E-state index contributed by atoms with van der Waals surface area (Å²) in [5.74, 6) is 0.0286. The summed E-state index contributed by atoms with van der Waals surface area (Å²) in [6.45, 7) is 0. The zero-order valence-electron chi connectivity index (χ0n) is 17.8. The van der Waals surface area contributed by atoms with E-state index in [9.17, 15) is 9.59 Å². The lowest BCUT2D eigenvalue weighted by molar-refractivity contribution is -0.123. The van der Waals surface area contributed by atoms with Gasteiger partial charge in [0.05, 0.1) is 13.4 Å². The van der Waals surface area contributed by atoms with Gasteiger partial charge in [0.1, 0.15) is 11.8 Å². The summed E-state index contributed by atoms with van der Waals surface area (Å²) in [7, 11) is 1.56. The summed E-state index contributed by atoms with van der Waals surface area (Å²) >= 11 is 6.25. The lowest BCUT2D eigenvalue weighted by Gasteiger charge is -2.32. The first-order chi connectivity index (χ1) is 15.6. The highest BCUT2D eigenvalue weighted by atomic mass is 35.5. The van der Waals surface area contributed by atoms with E-state index in [1.54, 1.807) is 61.7 Å². The maximum Gasteiger partial charge on any atom is 0.294 e. The van der Waals surface area contributed by atoms with Gasteiger partial charge in [-0.3, -0.25) is 14.5 Å². The van der Waals surface area contributed by atoms with E-state index in [-0.39, 0.29) is 17.7 Å². The van der Waals surface area contributed by atoms with E-state index >= 15 is 0 Å². The number of benzene rings is 2. The summed E-state index contributed by atoms with van der Waals surface area (Å²) in [6, 6.07) is 16.4. The highest BCUT2D eigenvalue weighted by molar-refractivity contribution is 6.31. The number of ether oxygens (including phenoxy) is 1. The average molecular weight is 453 g/mol. The van der Waals surface area contributed by atoms with Gasteiger partial charge in [-0.2, -0.15) is 0 Å². The standard InChI is InChI=1S/C25H25ClN2O4/c1-31-21-12-4-7-17(15-21)23(24(29)27-19-9-2-3-10-19)28(20-11-5-8-18(26)16-20)25(30)22-13-6-14-32-22/h4-8,11-16,19,23H,2-3,9-10H2,1H3,(H,27,29). The lowest BCUT2D eigenvalue weighted by Crippen LogP contribution is -2.46. The number of carbonyl (C=O) groups is 2. The van der Waals surface area contributed by atoms with Crippen LogP contribution in [-0.2, 0) is 4.79 Å². The Labute approximate surface area is 192 Å². The fourth-order valence-electron chi connectivity index (χ4n) is 4.11. The van der Waals surface area contributed by atoms with Gasteiger partial charge in [0.15, 0.2) is 5.76 Å². The van der Waals surface area contributed by atoms with Gasteiger partial charge >= 0.3 is 0 Å². The number of furan rings is 1. The van der Waals surface area contributed by atoms with Crippen molar-refractivity contribution >= 4 is 29.1 Å². The minimum absolute atomic E-state index is 0.0931. The molecule has 2 amide bonds. The van der Waals surface area contributed by atoms with Gasteiger partial charge < -0.3 is 14.5 Å². The molecule has 1 aliphatic carbocycles. The molecule has 0 radical (unpaired) electrons. The summed E-state index contributed by atoms with van der Waals surface area (Å²) < 4.78 is 10.8. The molecule has 32 heavy (non-hydrogen) atoms. The fourth-order valence-corrected chi connectivity index (χ4v) is 4.29. The molecule has 166 valence electrons. The Hall–Kier alpha value is -3.25. The Morgan fingerprint density at radius 2 is 1.88 bits per heavy atom. The van der Waals surface area contributed by atoms with Crippen molar-refractivity contribution in [3.05, 3.63) is 83.3 Å². The van der Waals surface area contributed by atoms with Gasteiger partial charge in [0.2, 0.25) is 5.91 Å². The number of hydrogen-bond acceptors (Lipinski definition) is 4. The van der Waals surface area contributed by atoms with Crippen LogP contribution in [0, 0.1) is 0 Å². The Morgan fingerprint density at radius 3 is 2.56 bits per heavy atom.